The SMILES string of the molecule is C=C1C(Cl)=CC(c2ccccc2)=C(c2c(F)cc(OCC)cc2F)N1CC. The minimum Gasteiger partial charge on any atom is -0.494 e. The average molecular weight is 388 g/mol. The van der Waals surface area contributed by atoms with E-state index in [4.69, 9.17) is 16.3 Å². The van der Waals surface area contributed by atoms with Gasteiger partial charge < -0.3 is 9.64 Å². The summed E-state index contributed by atoms with van der Waals surface area (Å²) in [6.07, 6.45) is 1.70. The van der Waals surface area contributed by atoms with Crippen LogP contribution < -0.4 is 4.74 Å². The standard InChI is InChI=1S/C22H20ClF2NO/c1-4-26-14(3)18(23)13-17(15-9-7-6-8-10-15)22(26)21-19(24)11-16(27-5-2)12-20(21)25/h6-13H,3-5H2,1-2H3. The van der Waals surface area contributed by atoms with Crippen molar-refractivity contribution in [2.24, 2.45) is 0 Å². The van der Waals surface area contributed by atoms with Crippen LogP contribution in [-0.4, -0.2) is 18.1 Å². The Morgan fingerprint density at radius 2 is 1.70 bits per heavy atom. The molecule has 1 aliphatic rings. The van der Waals surface area contributed by atoms with Gasteiger partial charge in [0, 0.05) is 24.3 Å². The molecular weight excluding hydrogens is 368 g/mol. The Morgan fingerprint density at radius 1 is 1.07 bits per heavy atom. The highest BCUT2D eigenvalue weighted by molar-refractivity contribution is 6.33. The van der Waals surface area contributed by atoms with Gasteiger partial charge >= 0.3 is 0 Å². The van der Waals surface area contributed by atoms with E-state index in [2.05, 4.69) is 6.58 Å². The number of hydrogen-bond acceptors (Lipinski definition) is 2. The van der Waals surface area contributed by atoms with E-state index >= 15 is 0 Å². The maximum atomic E-state index is 15.0. The molecule has 0 saturated carbocycles. The van der Waals surface area contributed by atoms with Crippen LogP contribution in [0.25, 0.3) is 11.3 Å². The van der Waals surface area contributed by atoms with Gasteiger partial charge in [-0.3, -0.25) is 0 Å². The van der Waals surface area contributed by atoms with Gasteiger partial charge in [-0.15, -0.1) is 0 Å². The largest absolute Gasteiger partial charge is 0.494 e. The molecule has 0 atom stereocenters. The molecule has 0 saturated heterocycles. The van der Waals surface area contributed by atoms with Crippen LogP contribution in [0.2, 0.25) is 0 Å². The van der Waals surface area contributed by atoms with Gasteiger partial charge in [-0.2, -0.15) is 0 Å². The molecule has 2 nitrogen and oxygen atoms in total. The summed E-state index contributed by atoms with van der Waals surface area (Å²) in [5.74, 6) is -1.23. The smallest absolute Gasteiger partial charge is 0.139 e. The second-order valence-corrected chi connectivity index (χ2v) is 6.41. The predicted octanol–water partition coefficient (Wildman–Crippen LogP) is 6.20. The predicted molar refractivity (Wildman–Crippen MR) is 106 cm³/mol. The summed E-state index contributed by atoms with van der Waals surface area (Å²) in [6.45, 7) is 8.41. The highest BCUT2D eigenvalue weighted by Crippen LogP contribution is 2.42. The number of ether oxygens (including phenoxy) is 1. The van der Waals surface area contributed by atoms with Gasteiger partial charge in [0.1, 0.15) is 17.4 Å². The van der Waals surface area contributed by atoms with Crippen molar-refractivity contribution in [2.75, 3.05) is 13.2 Å². The first-order chi connectivity index (χ1) is 13.0. The molecule has 27 heavy (non-hydrogen) atoms. The molecule has 140 valence electrons. The first-order valence-electron chi connectivity index (χ1n) is 8.73. The molecule has 0 fully saturated rings. The molecule has 0 bridgehead atoms. The quantitative estimate of drug-likeness (QED) is 0.605. The first kappa shape index (κ1) is 19.2. The Hall–Kier alpha value is -2.59. The molecule has 2 aromatic carbocycles. The molecular formula is C22H20ClF2NO. The third-order valence-electron chi connectivity index (χ3n) is 4.36. The molecule has 0 radical (unpaired) electrons. The minimum atomic E-state index is -0.695. The molecule has 0 aliphatic carbocycles. The fourth-order valence-corrected chi connectivity index (χ4v) is 3.38. The molecule has 0 aromatic heterocycles. The monoisotopic (exact) mass is 387 g/mol. The van der Waals surface area contributed by atoms with E-state index in [0.717, 1.165) is 5.56 Å². The molecule has 3 rings (SSSR count). The van der Waals surface area contributed by atoms with E-state index in [9.17, 15) is 8.78 Å². The van der Waals surface area contributed by atoms with Crippen LogP contribution in [0.1, 0.15) is 25.0 Å². The second-order valence-electron chi connectivity index (χ2n) is 6.01. The maximum Gasteiger partial charge on any atom is 0.139 e. The van der Waals surface area contributed by atoms with Crippen molar-refractivity contribution in [1.29, 1.82) is 0 Å². The lowest BCUT2D eigenvalue weighted by Crippen LogP contribution is -2.26. The number of allylic oxidation sites excluding steroid dienone is 3. The highest BCUT2D eigenvalue weighted by Gasteiger charge is 2.29. The molecule has 0 N–H and O–H groups in total. The third kappa shape index (κ3) is 3.62. The van der Waals surface area contributed by atoms with Crippen molar-refractivity contribution in [2.45, 2.75) is 13.8 Å². The van der Waals surface area contributed by atoms with Gasteiger partial charge in [-0.25, -0.2) is 8.78 Å². The van der Waals surface area contributed by atoms with E-state index < -0.39 is 11.6 Å². The summed E-state index contributed by atoms with van der Waals surface area (Å²) < 4.78 is 35.2. The summed E-state index contributed by atoms with van der Waals surface area (Å²) in [5.41, 5.74) is 2.22. The molecule has 1 aliphatic heterocycles. The van der Waals surface area contributed by atoms with E-state index in [1.54, 1.807) is 17.9 Å². The maximum absolute atomic E-state index is 15.0. The van der Waals surface area contributed by atoms with Gasteiger partial charge in [-0.1, -0.05) is 48.5 Å². The number of likely N-dealkylation sites (N-methyl/N-ethyl adjacent to an activating group) is 1. The normalized spacial score (nSPS) is 14.5. The van der Waals surface area contributed by atoms with Crippen molar-refractivity contribution in [3.63, 3.8) is 0 Å². The van der Waals surface area contributed by atoms with Crippen LogP contribution >= 0.6 is 11.6 Å². The molecule has 2 aromatic rings. The fourth-order valence-electron chi connectivity index (χ4n) is 3.17. The van der Waals surface area contributed by atoms with Crippen LogP contribution in [0.3, 0.4) is 0 Å². The Labute approximate surface area is 163 Å². The lowest BCUT2D eigenvalue weighted by atomic mass is 9.94. The van der Waals surface area contributed by atoms with Crippen LogP contribution in [0.4, 0.5) is 8.78 Å². The third-order valence-corrected chi connectivity index (χ3v) is 4.69. The molecule has 0 unspecified atom stereocenters. The van der Waals surface area contributed by atoms with Crippen molar-refractivity contribution >= 4 is 22.9 Å². The topological polar surface area (TPSA) is 12.5 Å². The number of halogens is 3. The summed E-state index contributed by atoms with van der Waals surface area (Å²) >= 11 is 6.36. The van der Waals surface area contributed by atoms with Crippen molar-refractivity contribution in [3.05, 3.63) is 88.6 Å². The van der Waals surface area contributed by atoms with Crippen molar-refractivity contribution in [3.8, 4) is 5.75 Å². The Bertz CT molecular complexity index is 912. The molecule has 0 amide bonds. The van der Waals surface area contributed by atoms with Gasteiger partial charge in [0.2, 0.25) is 0 Å². The zero-order valence-electron chi connectivity index (χ0n) is 15.2. The van der Waals surface area contributed by atoms with E-state index in [-0.39, 0.29) is 11.3 Å². The summed E-state index contributed by atoms with van der Waals surface area (Å²) in [4.78, 5) is 1.73. The first-order valence-corrected chi connectivity index (χ1v) is 9.11. The van der Waals surface area contributed by atoms with Gasteiger partial charge in [0.25, 0.3) is 0 Å². The van der Waals surface area contributed by atoms with E-state index in [1.165, 1.54) is 12.1 Å². The van der Waals surface area contributed by atoms with Gasteiger partial charge in [-0.05, 0) is 25.5 Å². The van der Waals surface area contributed by atoms with Gasteiger partial charge in [0.05, 0.1) is 28.6 Å². The average Bonchev–Trinajstić information content (AvgIpc) is 2.65. The Morgan fingerprint density at radius 3 is 2.26 bits per heavy atom. The second kappa shape index (κ2) is 7.97. The molecule has 0 spiro atoms. The van der Waals surface area contributed by atoms with Crippen LogP contribution in [0.5, 0.6) is 5.75 Å². The minimum absolute atomic E-state index is 0.124. The van der Waals surface area contributed by atoms with Crippen molar-refractivity contribution < 1.29 is 13.5 Å². The van der Waals surface area contributed by atoms with Crippen LogP contribution in [-0.2, 0) is 0 Å². The van der Waals surface area contributed by atoms with E-state index in [0.29, 0.717) is 35.2 Å². The fraction of sp³-hybridized carbons (Fsp3) is 0.182. The highest BCUT2D eigenvalue weighted by atomic mass is 35.5. The Kier molecular flexibility index (Phi) is 5.66. The van der Waals surface area contributed by atoms with Crippen molar-refractivity contribution in [1.82, 2.24) is 4.90 Å². The Balaban J connectivity index is 2.31. The summed E-state index contributed by atoms with van der Waals surface area (Å²) in [7, 11) is 0. The summed E-state index contributed by atoms with van der Waals surface area (Å²) in [5, 5.41) is 0.436. The zero-order valence-corrected chi connectivity index (χ0v) is 16.0. The lowest BCUT2D eigenvalue weighted by Gasteiger charge is -2.34. The van der Waals surface area contributed by atoms with Gasteiger partial charge in [0.15, 0.2) is 0 Å². The summed E-state index contributed by atoms with van der Waals surface area (Å²) in [6, 6.07) is 11.8. The lowest BCUT2D eigenvalue weighted by molar-refractivity contribution is 0.335. The zero-order chi connectivity index (χ0) is 19.6. The number of nitrogens with zero attached hydrogens (tertiary/aromatic N) is 1. The van der Waals surface area contributed by atoms with Crippen LogP contribution in [0.15, 0.2) is 65.8 Å². The molecule has 5 heteroatoms. The van der Waals surface area contributed by atoms with Crippen LogP contribution in [0, 0.1) is 11.6 Å². The molecule has 1 heterocycles. The number of rotatable bonds is 5. The number of benzene rings is 2. The van der Waals surface area contributed by atoms with E-state index in [1.807, 2.05) is 37.3 Å². The number of hydrogen-bond donors (Lipinski definition) is 0.